The van der Waals surface area contributed by atoms with E-state index in [1.807, 2.05) is 6.92 Å². The standard InChI is InChI=1S/C14H13NO2S/c1-9-7-11(3-4-12(9)16)13(17)5-6-14-10(2)15-8-18-14/h3-8,16H,1-2H3/b6-5+. The second-order valence-electron chi connectivity index (χ2n) is 4.00. The predicted molar refractivity (Wildman–Crippen MR) is 73.1 cm³/mol. The first-order valence-electron chi connectivity index (χ1n) is 5.50. The van der Waals surface area contributed by atoms with Gasteiger partial charge in [0.2, 0.25) is 0 Å². The molecule has 0 radical (unpaired) electrons. The maximum atomic E-state index is 11.9. The molecule has 1 heterocycles. The monoisotopic (exact) mass is 259 g/mol. The minimum absolute atomic E-state index is 0.0779. The van der Waals surface area contributed by atoms with Gasteiger partial charge in [0, 0.05) is 10.4 Å². The van der Waals surface area contributed by atoms with Crippen LogP contribution in [-0.2, 0) is 0 Å². The number of aromatic hydroxyl groups is 1. The number of thiazole rings is 1. The van der Waals surface area contributed by atoms with Gasteiger partial charge in [-0.25, -0.2) is 4.98 Å². The van der Waals surface area contributed by atoms with Crippen molar-refractivity contribution in [3.8, 4) is 5.75 Å². The number of carbonyl (C=O) groups excluding carboxylic acids is 1. The zero-order chi connectivity index (χ0) is 13.1. The van der Waals surface area contributed by atoms with E-state index < -0.39 is 0 Å². The summed E-state index contributed by atoms with van der Waals surface area (Å²) < 4.78 is 0. The fraction of sp³-hybridized carbons (Fsp3) is 0.143. The molecule has 92 valence electrons. The lowest BCUT2D eigenvalue weighted by Crippen LogP contribution is -1.94. The van der Waals surface area contributed by atoms with E-state index in [0.717, 1.165) is 10.6 Å². The zero-order valence-electron chi connectivity index (χ0n) is 10.2. The predicted octanol–water partition coefficient (Wildman–Crippen LogP) is 3.36. The maximum Gasteiger partial charge on any atom is 0.185 e. The molecule has 1 aromatic carbocycles. The van der Waals surface area contributed by atoms with Crippen LogP contribution >= 0.6 is 11.3 Å². The van der Waals surface area contributed by atoms with Crippen LogP contribution < -0.4 is 0 Å². The van der Waals surface area contributed by atoms with Gasteiger partial charge in [0.05, 0.1) is 11.2 Å². The van der Waals surface area contributed by atoms with Crippen LogP contribution in [0.15, 0.2) is 29.8 Å². The molecule has 0 saturated heterocycles. The van der Waals surface area contributed by atoms with Gasteiger partial charge in [-0.05, 0) is 49.8 Å². The Morgan fingerprint density at radius 3 is 2.78 bits per heavy atom. The minimum Gasteiger partial charge on any atom is -0.508 e. The van der Waals surface area contributed by atoms with Crippen LogP contribution in [-0.4, -0.2) is 15.9 Å². The first-order valence-corrected chi connectivity index (χ1v) is 6.38. The highest BCUT2D eigenvalue weighted by Gasteiger charge is 2.05. The van der Waals surface area contributed by atoms with Crippen LogP contribution in [0.25, 0.3) is 6.08 Å². The van der Waals surface area contributed by atoms with E-state index in [-0.39, 0.29) is 11.5 Å². The number of ketones is 1. The number of phenolic OH excluding ortho intramolecular Hbond substituents is 1. The molecule has 18 heavy (non-hydrogen) atoms. The number of phenols is 1. The molecule has 0 unspecified atom stereocenters. The third kappa shape index (κ3) is 2.65. The van der Waals surface area contributed by atoms with Crippen LogP contribution in [0.1, 0.15) is 26.5 Å². The minimum atomic E-state index is -0.0779. The largest absolute Gasteiger partial charge is 0.508 e. The molecule has 1 aromatic heterocycles. The first-order chi connectivity index (χ1) is 8.58. The summed E-state index contributed by atoms with van der Waals surface area (Å²) in [6, 6.07) is 4.84. The summed E-state index contributed by atoms with van der Waals surface area (Å²) >= 11 is 1.50. The third-order valence-electron chi connectivity index (χ3n) is 2.65. The van der Waals surface area contributed by atoms with Gasteiger partial charge in [-0.15, -0.1) is 11.3 Å². The van der Waals surface area contributed by atoms with Crippen LogP contribution in [0.2, 0.25) is 0 Å². The Morgan fingerprint density at radius 1 is 1.39 bits per heavy atom. The molecular formula is C14H13NO2S. The smallest absolute Gasteiger partial charge is 0.185 e. The van der Waals surface area contributed by atoms with Gasteiger partial charge < -0.3 is 5.11 Å². The maximum absolute atomic E-state index is 11.9. The Morgan fingerprint density at radius 2 is 2.17 bits per heavy atom. The van der Waals surface area contributed by atoms with Gasteiger partial charge in [-0.1, -0.05) is 0 Å². The lowest BCUT2D eigenvalue weighted by Gasteiger charge is -2.00. The van der Waals surface area contributed by atoms with Crippen LogP contribution in [0.5, 0.6) is 5.75 Å². The van der Waals surface area contributed by atoms with Gasteiger partial charge >= 0.3 is 0 Å². The molecule has 0 atom stereocenters. The molecule has 2 rings (SSSR count). The summed E-state index contributed by atoms with van der Waals surface area (Å²) in [5, 5.41) is 9.41. The zero-order valence-corrected chi connectivity index (χ0v) is 11.0. The molecule has 0 fully saturated rings. The number of hydrogen-bond acceptors (Lipinski definition) is 4. The topological polar surface area (TPSA) is 50.2 Å². The summed E-state index contributed by atoms with van der Waals surface area (Å²) in [4.78, 5) is 17.0. The number of aryl methyl sites for hydroxylation is 2. The van der Waals surface area contributed by atoms with E-state index in [0.29, 0.717) is 11.1 Å². The van der Waals surface area contributed by atoms with Crippen molar-refractivity contribution in [2.24, 2.45) is 0 Å². The van der Waals surface area contributed by atoms with E-state index in [2.05, 4.69) is 4.98 Å². The average Bonchev–Trinajstić information content (AvgIpc) is 2.75. The van der Waals surface area contributed by atoms with E-state index in [4.69, 9.17) is 0 Å². The quantitative estimate of drug-likeness (QED) is 0.679. The number of rotatable bonds is 3. The first kappa shape index (κ1) is 12.5. The van der Waals surface area contributed by atoms with Gasteiger partial charge in [0.1, 0.15) is 5.75 Å². The normalized spacial score (nSPS) is 11.0. The summed E-state index contributed by atoms with van der Waals surface area (Å²) in [6.07, 6.45) is 3.31. The number of hydrogen-bond donors (Lipinski definition) is 1. The Balaban J connectivity index is 2.20. The molecule has 0 spiro atoms. The summed E-state index contributed by atoms with van der Waals surface area (Å²) in [7, 11) is 0. The Hall–Kier alpha value is -1.94. The van der Waals surface area contributed by atoms with Gasteiger partial charge in [-0.2, -0.15) is 0 Å². The number of benzene rings is 1. The van der Waals surface area contributed by atoms with Crippen molar-refractivity contribution in [3.63, 3.8) is 0 Å². The second-order valence-corrected chi connectivity index (χ2v) is 4.89. The molecule has 0 bridgehead atoms. The van der Waals surface area contributed by atoms with Crippen LogP contribution in [0.3, 0.4) is 0 Å². The number of aromatic nitrogens is 1. The molecule has 1 N–H and O–H groups in total. The fourth-order valence-electron chi connectivity index (χ4n) is 1.53. The van der Waals surface area contributed by atoms with Crippen molar-refractivity contribution in [1.82, 2.24) is 4.98 Å². The highest BCUT2D eigenvalue weighted by molar-refractivity contribution is 7.10. The fourth-order valence-corrected chi connectivity index (χ4v) is 2.22. The average molecular weight is 259 g/mol. The lowest BCUT2D eigenvalue weighted by atomic mass is 10.1. The summed E-state index contributed by atoms with van der Waals surface area (Å²) in [6.45, 7) is 3.68. The highest BCUT2D eigenvalue weighted by atomic mass is 32.1. The van der Waals surface area contributed by atoms with Crippen molar-refractivity contribution >= 4 is 23.2 Å². The van der Waals surface area contributed by atoms with Crippen molar-refractivity contribution in [1.29, 1.82) is 0 Å². The van der Waals surface area contributed by atoms with Crippen molar-refractivity contribution in [3.05, 3.63) is 51.5 Å². The van der Waals surface area contributed by atoms with E-state index in [1.54, 1.807) is 30.6 Å². The number of carbonyl (C=O) groups is 1. The Labute approximate surface area is 109 Å². The second kappa shape index (κ2) is 5.14. The van der Waals surface area contributed by atoms with Crippen molar-refractivity contribution in [2.75, 3.05) is 0 Å². The molecular weight excluding hydrogens is 246 g/mol. The molecule has 0 saturated carbocycles. The van der Waals surface area contributed by atoms with Gasteiger partial charge in [0.15, 0.2) is 5.78 Å². The Kier molecular flexibility index (Phi) is 3.58. The van der Waals surface area contributed by atoms with E-state index in [1.165, 1.54) is 23.5 Å². The number of allylic oxidation sites excluding steroid dienone is 1. The summed E-state index contributed by atoms with van der Waals surface area (Å²) in [5.41, 5.74) is 3.95. The molecule has 0 aliphatic carbocycles. The van der Waals surface area contributed by atoms with Gasteiger partial charge in [-0.3, -0.25) is 4.79 Å². The van der Waals surface area contributed by atoms with Crippen LogP contribution in [0.4, 0.5) is 0 Å². The SMILES string of the molecule is Cc1cc(C(=O)/C=C/c2scnc2C)ccc1O. The van der Waals surface area contributed by atoms with Gasteiger partial charge in [0.25, 0.3) is 0 Å². The molecule has 0 aliphatic heterocycles. The van der Waals surface area contributed by atoms with Crippen molar-refractivity contribution < 1.29 is 9.90 Å². The molecule has 0 amide bonds. The lowest BCUT2D eigenvalue weighted by molar-refractivity contribution is 0.104. The van der Waals surface area contributed by atoms with E-state index >= 15 is 0 Å². The molecule has 4 heteroatoms. The Bertz CT molecular complexity index is 614. The number of nitrogens with zero attached hydrogens (tertiary/aromatic N) is 1. The molecule has 2 aromatic rings. The third-order valence-corrected chi connectivity index (χ3v) is 3.55. The van der Waals surface area contributed by atoms with Crippen molar-refractivity contribution in [2.45, 2.75) is 13.8 Å². The summed E-state index contributed by atoms with van der Waals surface area (Å²) in [5.74, 6) is 0.125. The van der Waals surface area contributed by atoms with Crippen LogP contribution in [0, 0.1) is 13.8 Å². The molecule has 3 nitrogen and oxygen atoms in total. The molecule has 0 aliphatic rings. The highest BCUT2D eigenvalue weighted by Crippen LogP contribution is 2.18. The van der Waals surface area contributed by atoms with E-state index in [9.17, 15) is 9.90 Å².